The number of aromatic nitrogens is 3. The van der Waals surface area contributed by atoms with E-state index in [4.69, 9.17) is 0 Å². The zero-order valence-electron chi connectivity index (χ0n) is 11.5. The minimum atomic E-state index is 0.122. The van der Waals surface area contributed by atoms with Crippen LogP contribution in [-0.2, 0) is 0 Å². The molecule has 0 saturated heterocycles. The molecular weight excluding hydrogens is 290 g/mol. The van der Waals surface area contributed by atoms with Gasteiger partial charge in [-0.2, -0.15) is 4.98 Å². The number of hydrogen-bond acceptors (Lipinski definition) is 7. The molecule has 1 atom stereocenters. The lowest BCUT2D eigenvalue weighted by Gasteiger charge is -2.13. The maximum Gasteiger partial charge on any atom is 0.225 e. The van der Waals surface area contributed by atoms with Gasteiger partial charge in [0, 0.05) is 18.1 Å². The fourth-order valence-electron chi connectivity index (χ4n) is 1.92. The highest BCUT2D eigenvalue weighted by atomic mass is 32.1. The number of nitrogens with one attached hydrogen (secondary N) is 2. The zero-order chi connectivity index (χ0) is 14.1. The number of aryl methyl sites for hydroxylation is 1. The van der Waals surface area contributed by atoms with Crippen LogP contribution in [0.1, 0.15) is 23.7 Å². The van der Waals surface area contributed by atoms with E-state index in [0.717, 1.165) is 26.7 Å². The standard InChI is InChI=1S/C13H15N5S2/c1-7-6-20-11(15-7)8(2)16-10-9-4-5-19-12(9)18-13(14-3)17-10/h4-6,8H,1-3H3,(H2,14,16,17,18). The molecule has 5 nitrogen and oxygen atoms in total. The fourth-order valence-corrected chi connectivity index (χ4v) is 3.48. The van der Waals surface area contributed by atoms with Crippen molar-refractivity contribution < 1.29 is 0 Å². The van der Waals surface area contributed by atoms with Gasteiger partial charge in [0.2, 0.25) is 5.95 Å². The number of thiophene rings is 1. The summed E-state index contributed by atoms with van der Waals surface area (Å²) in [4.78, 5) is 14.5. The van der Waals surface area contributed by atoms with E-state index in [1.54, 1.807) is 22.7 Å². The molecule has 7 heteroatoms. The average molecular weight is 305 g/mol. The summed E-state index contributed by atoms with van der Waals surface area (Å²) in [6.07, 6.45) is 0. The fraction of sp³-hybridized carbons (Fsp3) is 0.308. The maximum absolute atomic E-state index is 4.52. The second kappa shape index (κ2) is 5.34. The molecule has 20 heavy (non-hydrogen) atoms. The first-order valence-corrected chi connectivity index (χ1v) is 8.05. The summed E-state index contributed by atoms with van der Waals surface area (Å²) in [5.74, 6) is 1.48. The van der Waals surface area contributed by atoms with E-state index in [0.29, 0.717) is 5.95 Å². The van der Waals surface area contributed by atoms with Crippen molar-refractivity contribution in [2.24, 2.45) is 0 Å². The first-order chi connectivity index (χ1) is 9.67. The van der Waals surface area contributed by atoms with Crippen LogP contribution in [0.2, 0.25) is 0 Å². The summed E-state index contributed by atoms with van der Waals surface area (Å²) < 4.78 is 0. The minimum absolute atomic E-state index is 0.122. The summed E-state index contributed by atoms with van der Waals surface area (Å²) in [5, 5.41) is 12.6. The predicted octanol–water partition coefficient (Wildman–Crippen LogP) is 3.67. The Morgan fingerprint density at radius 2 is 2.05 bits per heavy atom. The molecular formula is C13H15N5S2. The van der Waals surface area contributed by atoms with Crippen LogP contribution < -0.4 is 10.6 Å². The third-order valence-electron chi connectivity index (χ3n) is 2.91. The van der Waals surface area contributed by atoms with E-state index in [2.05, 4.69) is 37.9 Å². The molecule has 0 aliphatic rings. The van der Waals surface area contributed by atoms with Crippen molar-refractivity contribution in [3.05, 3.63) is 27.5 Å². The highest BCUT2D eigenvalue weighted by Gasteiger charge is 2.14. The summed E-state index contributed by atoms with van der Waals surface area (Å²) >= 11 is 3.28. The van der Waals surface area contributed by atoms with Crippen molar-refractivity contribution >= 4 is 44.7 Å². The molecule has 3 aromatic rings. The number of rotatable bonds is 4. The molecule has 0 fully saturated rings. The van der Waals surface area contributed by atoms with Crippen LogP contribution in [0.15, 0.2) is 16.8 Å². The van der Waals surface area contributed by atoms with Gasteiger partial charge in [-0.05, 0) is 25.3 Å². The molecule has 0 spiro atoms. The molecule has 1 unspecified atom stereocenters. The highest BCUT2D eigenvalue weighted by Crippen LogP contribution is 2.29. The predicted molar refractivity (Wildman–Crippen MR) is 85.9 cm³/mol. The van der Waals surface area contributed by atoms with Crippen molar-refractivity contribution in [3.8, 4) is 0 Å². The molecule has 0 amide bonds. The van der Waals surface area contributed by atoms with Gasteiger partial charge < -0.3 is 10.6 Å². The summed E-state index contributed by atoms with van der Waals surface area (Å²) in [7, 11) is 1.83. The van der Waals surface area contributed by atoms with Crippen LogP contribution in [-0.4, -0.2) is 22.0 Å². The number of hydrogen-bond donors (Lipinski definition) is 2. The van der Waals surface area contributed by atoms with Crippen molar-refractivity contribution in [3.63, 3.8) is 0 Å². The Morgan fingerprint density at radius 3 is 2.75 bits per heavy atom. The lowest BCUT2D eigenvalue weighted by molar-refractivity contribution is 0.857. The Kier molecular flexibility index (Phi) is 3.54. The van der Waals surface area contributed by atoms with Gasteiger partial charge in [-0.1, -0.05) is 0 Å². The van der Waals surface area contributed by atoms with Crippen LogP contribution in [0.25, 0.3) is 10.2 Å². The topological polar surface area (TPSA) is 62.7 Å². The van der Waals surface area contributed by atoms with Crippen LogP contribution in [0, 0.1) is 6.92 Å². The number of anilines is 2. The van der Waals surface area contributed by atoms with Crippen LogP contribution in [0.3, 0.4) is 0 Å². The van der Waals surface area contributed by atoms with Crippen molar-refractivity contribution in [2.45, 2.75) is 19.9 Å². The number of nitrogens with zero attached hydrogens (tertiary/aromatic N) is 3. The van der Waals surface area contributed by atoms with Crippen LogP contribution >= 0.6 is 22.7 Å². The van der Waals surface area contributed by atoms with Crippen molar-refractivity contribution in [1.29, 1.82) is 0 Å². The van der Waals surface area contributed by atoms with Crippen LogP contribution in [0.5, 0.6) is 0 Å². The maximum atomic E-state index is 4.52. The molecule has 0 bridgehead atoms. The average Bonchev–Trinajstić information content (AvgIpc) is 3.06. The van der Waals surface area contributed by atoms with E-state index in [1.807, 2.05) is 25.4 Å². The van der Waals surface area contributed by atoms with Gasteiger partial charge in [-0.15, -0.1) is 22.7 Å². The molecule has 104 valence electrons. The molecule has 0 aromatic carbocycles. The molecule has 0 saturated carbocycles. The van der Waals surface area contributed by atoms with E-state index >= 15 is 0 Å². The second-order valence-electron chi connectivity index (χ2n) is 4.48. The Morgan fingerprint density at radius 1 is 1.20 bits per heavy atom. The number of fused-ring (bicyclic) bond motifs is 1. The van der Waals surface area contributed by atoms with Crippen LogP contribution in [0.4, 0.5) is 11.8 Å². The normalized spacial score (nSPS) is 12.6. The first-order valence-electron chi connectivity index (χ1n) is 6.29. The summed E-state index contributed by atoms with van der Waals surface area (Å²) in [6, 6.07) is 2.16. The van der Waals surface area contributed by atoms with Gasteiger partial charge in [0.05, 0.1) is 11.4 Å². The van der Waals surface area contributed by atoms with Gasteiger partial charge in [-0.25, -0.2) is 9.97 Å². The highest BCUT2D eigenvalue weighted by molar-refractivity contribution is 7.16. The number of thiazole rings is 1. The molecule has 3 heterocycles. The first kappa shape index (κ1) is 13.3. The smallest absolute Gasteiger partial charge is 0.225 e. The van der Waals surface area contributed by atoms with Gasteiger partial charge in [0.25, 0.3) is 0 Å². The summed E-state index contributed by atoms with van der Waals surface area (Å²) in [6.45, 7) is 4.10. The quantitative estimate of drug-likeness (QED) is 0.770. The van der Waals surface area contributed by atoms with E-state index in [9.17, 15) is 0 Å². The third-order valence-corrected chi connectivity index (χ3v) is 4.86. The second-order valence-corrected chi connectivity index (χ2v) is 6.26. The van der Waals surface area contributed by atoms with Gasteiger partial charge in [0.1, 0.15) is 15.7 Å². The monoisotopic (exact) mass is 305 g/mol. The van der Waals surface area contributed by atoms with Crippen molar-refractivity contribution in [1.82, 2.24) is 15.0 Å². The Bertz CT molecular complexity index is 733. The molecule has 0 aliphatic carbocycles. The van der Waals surface area contributed by atoms with E-state index < -0.39 is 0 Å². The Labute approximate surface area is 125 Å². The molecule has 2 N–H and O–H groups in total. The Balaban J connectivity index is 1.95. The summed E-state index contributed by atoms with van der Waals surface area (Å²) in [5.41, 5.74) is 1.05. The lowest BCUT2D eigenvalue weighted by atomic mass is 10.3. The van der Waals surface area contributed by atoms with Gasteiger partial charge in [0.15, 0.2) is 0 Å². The molecule has 0 radical (unpaired) electrons. The van der Waals surface area contributed by atoms with E-state index in [-0.39, 0.29) is 6.04 Å². The molecule has 0 aliphatic heterocycles. The Hall–Kier alpha value is -1.73. The molecule has 3 aromatic heterocycles. The largest absolute Gasteiger partial charge is 0.360 e. The zero-order valence-corrected chi connectivity index (χ0v) is 13.1. The van der Waals surface area contributed by atoms with E-state index in [1.165, 1.54) is 0 Å². The molecule has 3 rings (SSSR count). The SMILES string of the molecule is CNc1nc(NC(C)c2nc(C)cs2)c2ccsc2n1. The minimum Gasteiger partial charge on any atom is -0.360 e. The van der Waals surface area contributed by atoms with Gasteiger partial charge >= 0.3 is 0 Å². The van der Waals surface area contributed by atoms with Crippen molar-refractivity contribution in [2.75, 3.05) is 17.7 Å². The third kappa shape index (κ3) is 2.46. The van der Waals surface area contributed by atoms with Gasteiger partial charge in [-0.3, -0.25) is 0 Å². The lowest BCUT2D eigenvalue weighted by Crippen LogP contribution is -2.09.